The molecular formula is C22H24N3O6P. The third-order valence-electron chi connectivity index (χ3n) is 5.22. The number of nitriles is 1. The van der Waals surface area contributed by atoms with Gasteiger partial charge in [-0.2, -0.15) is 5.26 Å². The highest BCUT2D eigenvalue weighted by molar-refractivity contribution is 7.52. The Morgan fingerprint density at radius 2 is 1.84 bits per heavy atom. The molecule has 1 saturated heterocycles. The van der Waals surface area contributed by atoms with Gasteiger partial charge in [0.2, 0.25) is 5.91 Å². The second kappa shape index (κ2) is 10.4. The Balaban J connectivity index is 1.64. The van der Waals surface area contributed by atoms with Crippen LogP contribution in [0.5, 0.6) is 0 Å². The van der Waals surface area contributed by atoms with Crippen LogP contribution in [0.1, 0.15) is 29.5 Å². The Labute approximate surface area is 185 Å². The van der Waals surface area contributed by atoms with Crippen LogP contribution in [0.25, 0.3) is 0 Å². The summed E-state index contributed by atoms with van der Waals surface area (Å²) in [5.74, 6) is -2.09. The number of nitrogens with one attached hydrogen (secondary N) is 1. The van der Waals surface area contributed by atoms with E-state index in [4.69, 9.17) is 10.00 Å². The van der Waals surface area contributed by atoms with Crippen molar-refractivity contribution in [3.63, 3.8) is 0 Å². The van der Waals surface area contributed by atoms with Crippen molar-refractivity contribution in [1.29, 1.82) is 5.26 Å². The fraction of sp³-hybridized carbons (Fsp3) is 0.318. The number of hydrogen-bond donors (Lipinski definition) is 3. The highest BCUT2D eigenvalue weighted by atomic mass is 31.2. The number of rotatable bonds is 7. The number of carbonyl (C=O) groups excluding carboxylic acids is 2. The summed E-state index contributed by atoms with van der Waals surface area (Å²) in [6.45, 7) is 0.385. The Morgan fingerprint density at radius 1 is 1.16 bits per heavy atom. The van der Waals surface area contributed by atoms with Crippen molar-refractivity contribution >= 4 is 19.6 Å². The van der Waals surface area contributed by atoms with Gasteiger partial charge in [-0.25, -0.2) is 4.79 Å². The van der Waals surface area contributed by atoms with Gasteiger partial charge in [0.05, 0.1) is 11.6 Å². The van der Waals surface area contributed by atoms with E-state index in [1.807, 2.05) is 36.4 Å². The van der Waals surface area contributed by atoms with Gasteiger partial charge in [0.1, 0.15) is 18.4 Å². The van der Waals surface area contributed by atoms with Crippen LogP contribution >= 0.6 is 7.60 Å². The molecule has 0 saturated carbocycles. The molecule has 1 unspecified atom stereocenters. The van der Waals surface area contributed by atoms with Crippen molar-refractivity contribution in [3.8, 4) is 6.07 Å². The van der Waals surface area contributed by atoms with E-state index in [2.05, 4.69) is 5.32 Å². The Kier molecular flexibility index (Phi) is 7.65. The van der Waals surface area contributed by atoms with Gasteiger partial charge in [0.25, 0.3) is 0 Å². The molecule has 32 heavy (non-hydrogen) atoms. The minimum Gasteiger partial charge on any atom is -0.445 e. The van der Waals surface area contributed by atoms with E-state index < -0.39 is 31.4 Å². The molecule has 3 N–H and O–H groups in total. The van der Waals surface area contributed by atoms with Gasteiger partial charge in [-0.05, 0) is 36.1 Å². The van der Waals surface area contributed by atoms with E-state index in [9.17, 15) is 23.9 Å². The lowest BCUT2D eigenvalue weighted by molar-refractivity contribution is -0.125. The van der Waals surface area contributed by atoms with Gasteiger partial charge in [0.15, 0.2) is 0 Å². The molecule has 1 aliphatic rings. The molecule has 0 radical (unpaired) electrons. The Hall–Kier alpha value is -3.18. The summed E-state index contributed by atoms with van der Waals surface area (Å²) < 4.78 is 17.3. The first-order valence-corrected chi connectivity index (χ1v) is 11.8. The average molecular weight is 457 g/mol. The Morgan fingerprint density at radius 3 is 2.47 bits per heavy atom. The molecule has 0 aliphatic carbocycles. The standard InChI is InChI=1S/C22H24N3O6P/c23-14-17-10-8-16(9-11-17)13-20(32(28,29)30)24-21(26)19-7-4-12-25(19)22(27)31-15-18-5-2-1-3-6-18/h1-3,5-6,8-11,19-20H,4,7,12-13,15H2,(H,24,26)(H2,28,29,30)/t19-,20?/m1/s1. The molecule has 3 rings (SSSR count). The number of carbonyl (C=O) groups is 2. The predicted octanol–water partition coefficient (Wildman–Crippen LogP) is 2.52. The van der Waals surface area contributed by atoms with Crippen molar-refractivity contribution in [2.24, 2.45) is 0 Å². The fourth-order valence-corrected chi connectivity index (χ4v) is 4.26. The maximum Gasteiger partial charge on any atom is 0.410 e. The highest BCUT2D eigenvalue weighted by Crippen LogP contribution is 2.41. The van der Waals surface area contributed by atoms with Gasteiger partial charge < -0.3 is 19.8 Å². The van der Waals surface area contributed by atoms with Crippen molar-refractivity contribution < 1.29 is 28.7 Å². The molecule has 9 nitrogen and oxygen atoms in total. The molecule has 1 aliphatic heterocycles. The summed E-state index contributed by atoms with van der Waals surface area (Å²) in [6.07, 6.45) is 0.185. The summed E-state index contributed by atoms with van der Waals surface area (Å²) >= 11 is 0. The van der Waals surface area contributed by atoms with Crippen molar-refractivity contribution in [1.82, 2.24) is 10.2 Å². The normalized spacial score (nSPS) is 16.8. The second-order valence-corrected chi connectivity index (χ2v) is 9.32. The summed E-state index contributed by atoms with van der Waals surface area (Å²) in [6, 6.07) is 16.5. The largest absolute Gasteiger partial charge is 0.445 e. The van der Waals surface area contributed by atoms with Gasteiger partial charge in [-0.15, -0.1) is 0 Å². The van der Waals surface area contributed by atoms with E-state index >= 15 is 0 Å². The van der Waals surface area contributed by atoms with Gasteiger partial charge in [-0.1, -0.05) is 42.5 Å². The number of amides is 2. The molecule has 2 atom stereocenters. The molecule has 1 fully saturated rings. The number of benzene rings is 2. The molecular weight excluding hydrogens is 433 g/mol. The van der Waals surface area contributed by atoms with Gasteiger partial charge >= 0.3 is 13.7 Å². The van der Waals surface area contributed by atoms with E-state index in [1.165, 1.54) is 17.0 Å². The number of hydrogen-bond acceptors (Lipinski definition) is 5. The molecule has 0 spiro atoms. The van der Waals surface area contributed by atoms with Crippen LogP contribution in [0, 0.1) is 11.3 Å². The average Bonchev–Trinajstić information content (AvgIpc) is 3.28. The predicted molar refractivity (Wildman–Crippen MR) is 115 cm³/mol. The third-order valence-corrected chi connectivity index (χ3v) is 6.35. The molecule has 2 amide bonds. The van der Waals surface area contributed by atoms with Gasteiger partial charge in [-0.3, -0.25) is 14.3 Å². The SMILES string of the molecule is N#Cc1ccc(CC(NC(=O)[C@H]2CCCN2C(=O)OCc2ccccc2)P(=O)(O)O)cc1. The fourth-order valence-electron chi connectivity index (χ4n) is 3.51. The lowest BCUT2D eigenvalue weighted by atomic mass is 10.1. The van der Waals surface area contributed by atoms with E-state index in [0.717, 1.165) is 5.56 Å². The minimum atomic E-state index is -4.68. The van der Waals surface area contributed by atoms with Crippen LogP contribution in [0.15, 0.2) is 54.6 Å². The van der Waals surface area contributed by atoms with Gasteiger partial charge in [0, 0.05) is 13.0 Å². The molecule has 10 heteroatoms. The topological polar surface area (TPSA) is 140 Å². The summed E-state index contributed by atoms with van der Waals surface area (Å²) in [4.78, 5) is 46.1. The van der Waals surface area contributed by atoms with Crippen LogP contribution in [0.2, 0.25) is 0 Å². The zero-order valence-corrected chi connectivity index (χ0v) is 18.1. The first kappa shape index (κ1) is 23.5. The van der Waals surface area contributed by atoms with E-state index in [0.29, 0.717) is 30.5 Å². The van der Waals surface area contributed by atoms with E-state index in [-0.39, 0.29) is 13.0 Å². The Bertz CT molecular complexity index is 1030. The zero-order valence-electron chi connectivity index (χ0n) is 17.3. The molecule has 0 bridgehead atoms. The lowest BCUT2D eigenvalue weighted by Crippen LogP contribution is -2.49. The van der Waals surface area contributed by atoms with Crippen LogP contribution in [-0.4, -0.2) is 45.1 Å². The molecule has 2 aromatic carbocycles. The van der Waals surface area contributed by atoms with Crippen molar-refractivity contribution in [2.45, 2.75) is 37.7 Å². The monoisotopic (exact) mass is 457 g/mol. The minimum absolute atomic E-state index is 0.0638. The zero-order chi connectivity index (χ0) is 23.1. The lowest BCUT2D eigenvalue weighted by Gasteiger charge is -2.26. The first-order chi connectivity index (χ1) is 15.3. The van der Waals surface area contributed by atoms with E-state index in [1.54, 1.807) is 12.1 Å². The summed E-state index contributed by atoms with van der Waals surface area (Å²) in [5.41, 5.74) is 1.79. The smallest absolute Gasteiger partial charge is 0.410 e. The maximum absolute atomic E-state index is 12.8. The second-order valence-electron chi connectivity index (χ2n) is 7.52. The quantitative estimate of drug-likeness (QED) is 0.543. The molecule has 2 aromatic rings. The van der Waals surface area contributed by atoms with Crippen LogP contribution in [0.4, 0.5) is 4.79 Å². The van der Waals surface area contributed by atoms with Crippen LogP contribution in [-0.2, 0) is 27.1 Å². The summed E-state index contributed by atoms with van der Waals surface area (Å²) in [5, 5.41) is 11.3. The molecule has 0 aromatic heterocycles. The first-order valence-electron chi connectivity index (χ1n) is 10.1. The van der Waals surface area contributed by atoms with Crippen LogP contribution < -0.4 is 5.32 Å². The third kappa shape index (κ3) is 6.17. The highest BCUT2D eigenvalue weighted by Gasteiger charge is 2.38. The maximum atomic E-state index is 12.8. The van der Waals surface area contributed by atoms with Crippen LogP contribution in [0.3, 0.4) is 0 Å². The van der Waals surface area contributed by atoms with Crippen molar-refractivity contribution in [2.75, 3.05) is 6.54 Å². The molecule has 168 valence electrons. The number of ether oxygens (including phenoxy) is 1. The number of nitrogens with zero attached hydrogens (tertiary/aromatic N) is 2. The number of likely N-dealkylation sites (tertiary alicyclic amines) is 1. The summed E-state index contributed by atoms with van der Waals surface area (Å²) in [7, 11) is -4.68. The van der Waals surface area contributed by atoms with Crippen molar-refractivity contribution in [3.05, 3.63) is 71.3 Å². The molecule has 1 heterocycles.